The third kappa shape index (κ3) is 9.02. The average molecular weight is 801 g/mol. The minimum Gasteiger partial charge on any atom is -0.184 e. The van der Waals surface area contributed by atoms with Crippen LogP contribution in [-0.2, 0) is 39.6 Å². The molecule has 1 aliphatic heterocycles. The minimum atomic E-state index is -4.91. The van der Waals surface area contributed by atoms with Gasteiger partial charge in [0.2, 0.25) is 0 Å². The molecule has 0 nitrogen and oxygen atoms in total. The van der Waals surface area contributed by atoms with Gasteiger partial charge in [-0.15, -0.1) is 34.0 Å². The summed E-state index contributed by atoms with van der Waals surface area (Å²) in [6, 6.07) is 36.4. The summed E-state index contributed by atoms with van der Waals surface area (Å²) in [5.74, 6) is 0.351. The van der Waals surface area contributed by atoms with Gasteiger partial charge < -0.3 is 0 Å². The minimum absolute atomic E-state index is 0.108. The summed E-state index contributed by atoms with van der Waals surface area (Å²) in [5.41, 5.74) is 2.67. The fourth-order valence-corrected chi connectivity index (χ4v) is 7.24. The Labute approximate surface area is 302 Å². The van der Waals surface area contributed by atoms with Crippen LogP contribution in [0.25, 0.3) is 44.2 Å². The van der Waals surface area contributed by atoms with Gasteiger partial charge in [-0.25, -0.2) is 0 Å². The maximum atomic E-state index is 13.6. The molecule has 0 atom stereocenters. The molecule has 6 aromatic rings. The van der Waals surface area contributed by atoms with Gasteiger partial charge in [-0.1, -0.05) is 90.8 Å². The second kappa shape index (κ2) is 15.9. The van der Waals surface area contributed by atoms with Gasteiger partial charge in [0.15, 0.2) is 0 Å². The molecule has 0 fully saturated rings. The van der Waals surface area contributed by atoms with Crippen LogP contribution in [0, 0.1) is 12.0 Å². The summed E-state index contributed by atoms with van der Waals surface area (Å²) in [4.78, 5) is 0. The Hall–Kier alpha value is -3.03. The van der Waals surface area contributed by atoms with Crippen LogP contribution in [-0.4, -0.2) is 9.52 Å². The maximum Gasteiger partial charge on any atom is 0.0920 e. The molecule has 7 rings (SSSR count). The fourth-order valence-electron chi connectivity index (χ4n) is 5.93. The van der Waals surface area contributed by atoms with E-state index in [1.807, 2.05) is 24.3 Å². The molecule has 2 radical (unpaired) electrons. The summed E-state index contributed by atoms with van der Waals surface area (Å²) in [6.07, 6.45) is -9.07. The Balaban J connectivity index is 0.000000239. The van der Waals surface area contributed by atoms with Crippen molar-refractivity contribution in [3.8, 4) is 33.4 Å². The topological polar surface area (TPSA) is 0 Å². The Morgan fingerprint density at radius 1 is 0.714 bits per heavy atom. The molecule has 0 saturated heterocycles. The molecule has 0 N–H and O–H groups in total. The molecule has 1 heterocycles. The normalized spacial score (nSPS) is 12.0. The molecule has 10 heteroatoms. The predicted octanol–water partition coefficient (Wildman–Crippen LogP) is 11.6. The largest absolute Gasteiger partial charge is 0.184 e. The van der Waals surface area contributed by atoms with Crippen molar-refractivity contribution in [2.75, 3.05) is 0 Å². The van der Waals surface area contributed by atoms with Gasteiger partial charge >= 0.3 is 50.2 Å². The monoisotopic (exact) mass is 798 g/mol. The van der Waals surface area contributed by atoms with E-state index in [9.17, 15) is 26.3 Å². The Morgan fingerprint density at radius 2 is 1.33 bits per heavy atom. The summed E-state index contributed by atoms with van der Waals surface area (Å²) >= 11 is -0.826. The van der Waals surface area contributed by atoms with Crippen LogP contribution in [0.5, 0.6) is 0 Å². The van der Waals surface area contributed by atoms with Crippen LogP contribution in [0.1, 0.15) is 30.5 Å². The predicted molar refractivity (Wildman–Crippen MR) is 186 cm³/mol. The molecule has 0 saturated carbocycles. The van der Waals surface area contributed by atoms with E-state index in [0.29, 0.717) is 28.0 Å². The van der Waals surface area contributed by atoms with Crippen LogP contribution >= 0.6 is 17.0 Å². The van der Waals surface area contributed by atoms with Crippen molar-refractivity contribution in [1.29, 1.82) is 0 Å². The number of alkyl halides is 6. The zero-order chi connectivity index (χ0) is 35.3. The smallest absolute Gasteiger partial charge is 0.0920 e. The molecular formula is C39H28Cl2F6SiZr. The van der Waals surface area contributed by atoms with Crippen molar-refractivity contribution in [1.82, 2.24) is 0 Å². The summed E-state index contributed by atoms with van der Waals surface area (Å²) in [7, 11) is 10.7. The zero-order valence-electron chi connectivity index (χ0n) is 26.3. The van der Waals surface area contributed by atoms with E-state index in [2.05, 4.69) is 56.3 Å². The van der Waals surface area contributed by atoms with Crippen LogP contribution < -0.4 is 10.4 Å². The molecule has 0 spiro atoms. The number of hydrogen-bond donors (Lipinski definition) is 0. The molecule has 1 aliphatic rings. The molecule has 49 heavy (non-hydrogen) atoms. The van der Waals surface area contributed by atoms with Crippen LogP contribution in [0.4, 0.5) is 26.3 Å². The number of fused-ring (bicyclic) bond motifs is 4. The van der Waals surface area contributed by atoms with E-state index >= 15 is 0 Å². The Morgan fingerprint density at radius 3 is 1.96 bits per heavy atom. The molecule has 6 aromatic carbocycles. The van der Waals surface area contributed by atoms with Gasteiger partial charge in [-0.2, -0.15) is 61.9 Å². The second-order valence-electron chi connectivity index (χ2n) is 11.8. The molecule has 0 bridgehead atoms. The van der Waals surface area contributed by atoms with Gasteiger partial charge in [-0.05, 0) is 47.2 Å². The first kappa shape index (κ1) is 37.2. The molecule has 0 aromatic heterocycles. The van der Waals surface area contributed by atoms with Crippen LogP contribution in [0.2, 0.25) is 0 Å². The van der Waals surface area contributed by atoms with Gasteiger partial charge in [0.25, 0.3) is 0 Å². The van der Waals surface area contributed by atoms with Crippen molar-refractivity contribution in [3.05, 3.63) is 138 Å². The molecular weight excluding hydrogens is 773 g/mol. The third-order valence-electron chi connectivity index (χ3n) is 7.89. The van der Waals surface area contributed by atoms with Gasteiger partial charge in [0, 0.05) is 0 Å². The van der Waals surface area contributed by atoms with E-state index in [0.717, 1.165) is 39.0 Å². The summed E-state index contributed by atoms with van der Waals surface area (Å²) in [6.45, 7) is 4.10. The summed E-state index contributed by atoms with van der Waals surface area (Å²) < 4.78 is 81.4. The Bertz CT molecular complexity index is 1960. The molecule has 0 aliphatic carbocycles. The van der Waals surface area contributed by atoms with Crippen molar-refractivity contribution in [3.63, 3.8) is 0 Å². The van der Waals surface area contributed by atoms with Crippen molar-refractivity contribution < 1.29 is 47.2 Å². The van der Waals surface area contributed by atoms with E-state index in [1.54, 1.807) is 36.4 Å². The van der Waals surface area contributed by atoms with Gasteiger partial charge in [0.05, 0.1) is 20.6 Å². The van der Waals surface area contributed by atoms with E-state index in [1.165, 1.54) is 21.5 Å². The first-order valence-corrected chi connectivity index (χ1v) is 22.5. The van der Waals surface area contributed by atoms with E-state index in [-0.39, 0.29) is 11.6 Å². The quantitative estimate of drug-likeness (QED) is 0.0945. The first-order chi connectivity index (χ1) is 23.3. The second-order valence-corrected chi connectivity index (χ2v) is 16.8. The third-order valence-corrected chi connectivity index (χ3v) is 9.26. The maximum absolute atomic E-state index is 13.6. The Kier molecular flexibility index (Phi) is 12.1. The standard InChI is InChI=1S/C27H21F6.C12H7Si.2ClH.Zr/c1-16(2)10-17-11-19-8-9-23(18-6-4-3-5-7-18)25(24(19)12-17)20-13-21(26(28,29)30)15-22(14-20)27(31,32)33;1-3-7-11-9(5-1)10-6-2-4-8-12(10)13-11;;;/h3-9,11-16H,10H2,1-2H3;1-7H;2*1H;/q2*-1;;;+4/p-2. The van der Waals surface area contributed by atoms with Gasteiger partial charge in [0.1, 0.15) is 0 Å². The van der Waals surface area contributed by atoms with Crippen LogP contribution in [0.3, 0.4) is 0 Å². The van der Waals surface area contributed by atoms with Crippen LogP contribution in [0.15, 0.2) is 115 Å². The molecule has 248 valence electrons. The summed E-state index contributed by atoms with van der Waals surface area (Å²) in [5, 5.41) is 4.24. The first-order valence-electron chi connectivity index (χ1n) is 15.2. The van der Waals surface area contributed by atoms with E-state index in [4.69, 9.17) is 17.0 Å². The number of rotatable bonds is 4. The van der Waals surface area contributed by atoms with Gasteiger partial charge in [-0.3, -0.25) is 0 Å². The SMILES string of the molecule is CC(C)Cc1cc2c(-c3cc(C(F)(F)F)cc(C(F)(F)F)c3)c(-c3ccccc3)ccc2[cH-]1.[Cl][Zr+2][Cl].[c-]1cccc2c1[Si]c1ccccc1-2. The fraction of sp³-hybridized carbons (Fsp3) is 0.154. The number of benzene rings is 5. The zero-order valence-corrected chi connectivity index (χ0v) is 31.2. The average Bonchev–Trinajstić information content (AvgIpc) is 3.65. The molecule has 0 unspecified atom stereocenters. The van der Waals surface area contributed by atoms with Crippen molar-refractivity contribution >= 4 is 47.7 Å². The van der Waals surface area contributed by atoms with Crippen molar-refractivity contribution in [2.24, 2.45) is 5.92 Å². The number of hydrogen-bond acceptors (Lipinski definition) is 0. The number of halogens is 8. The van der Waals surface area contributed by atoms with E-state index < -0.39 is 44.3 Å². The van der Waals surface area contributed by atoms with Crippen molar-refractivity contribution in [2.45, 2.75) is 32.6 Å². The molecule has 0 amide bonds.